The van der Waals surface area contributed by atoms with E-state index < -0.39 is 5.97 Å². The summed E-state index contributed by atoms with van der Waals surface area (Å²) in [7, 11) is 0. The number of hydrogen-bond acceptors (Lipinski definition) is 4. The van der Waals surface area contributed by atoms with E-state index in [1.807, 2.05) is 23.9 Å². The summed E-state index contributed by atoms with van der Waals surface area (Å²) in [5, 5.41) is 12.7. The number of rotatable bonds is 3. The minimum atomic E-state index is -1.11. The van der Waals surface area contributed by atoms with Crippen LogP contribution < -0.4 is 0 Å². The summed E-state index contributed by atoms with van der Waals surface area (Å²) in [4.78, 5) is 10.8. The minimum Gasteiger partial charge on any atom is -0.475 e. The van der Waals surface area contributed by atoms with Gasteiger partial charge in [0.2, 0.25) is 5.76 Å². The summed E-state index contributed by atoms with van der Waals surface area (Å²) >= 11 is 5.65. The Morgan fingerprint density at radius 1 is 1.33 bits per heavy atom. The third-order valence-electron chi connectivity index (χ3n) is 3.68. The number of aromatic carboxylic acids is 1. The van der Waals surface area contributed by atoms with E-state index in [1.165, 1.54) is 36.0 Å². The van der Waals surface area contributed by atoms with Crippen molar-refractivity contribution in [2.75, 3.05) is 11.5 Å². The van der Waals surface area contributed by atoms with Crippen LogP contribution >= 0.6 is 27.7 Å². The minimum absolute atomic E-state index is 0.144. The predicted molar refractivity (Wildman–Crippen MR) is 85.9 cm³/mol. The fourth-order valence-corrected chi connectivity index (χ4v) is 4.35. The molecule has 0 atom stereocenters. The number of benzene rings is 1. The van der Waals surface area contributed by atoms with Crippen LogP contribution in [0.1, 0.15) is 34.9 Å². The van der Waals surface area contributed by atoms with Gasteiger partial charge in [-0.05, 0) is 41.9 Å². The molecule has 21 heavy (non-hydrogen) atoms. The van der Waals surface area contributed by atoms with Gasteiger partial charge in [0.25, 0.3) is 0 Å². The number of hydrogen-bond donors (Lipinski definition) is 1. The quantitative estimate of drug-likeness (QED) is 0.869. The van der Waals surface area contributed by atoms with Crippen molar-refractivity contribution in [3.05, 3.63) is 40.1 Å². The molecule has 3 rings (SSSR count). The van der Waals surface area contributed by atoms with E-state index in [0.29, 0.717) is 11.6 Å². The molecule has 0 bridgehead atoms. The molecule has 1 aliphatic heterocycles. The Morgan fingerprint density at radius 3 is 2.71 bits per heavy atom. The summed E-state index contributed by atoms with van der Waals surface area (Å²) in [6.45, 7) is 0. The van der Waals surface area contributed by atoms with Crippen LogP contribution in [0.2, 0.25) is 0 Å². The lowest BCUT2D eigenvalue weighted by molar-refractivity contribution is 0.0652. The van der Waals surface area contributed by atoms with Gasteiger partial charge in [-0.3, -0.25) is 0 Å². The van der Waals surface area contributed by atoms with Crippen LogP contribution in [0.15, 0.2) is 33.3 Å². The zero-order chi connectivity index (χ0) is 14.8. The van der Waals surface area contributed by atoms with Gasteiger partial charge in [0, 0.05) is 16.1 Å². The van der Waals surface area contributed by atoms with E-state index in [-0.39, 0.29) is 5.76 Å². The Kier molecular flexibility index (Phi) is 4.35. The van der Waals surface area contributed by atoms with Gasteiger partial charge in [-0.25, -0.2) is 4.79 Å². The lowest BCUT2D eigenvalue weighted by Crippen LogP contribution is -2.08. The smallest absolute Gasteiger partial charge is 0.374 e. The fourth-order valence-electron chi connectivity index (χ4n) is 2.54. The standard InChI is InChI=1S/C15H14BrNO3S/c16-12-7-10(13-8-14(15(18)19)20-17-13)1-2-11(12)9-3-5-21-6-4-9/h1-2,7-9H,3-6H2,(H,18,19). The molecule has 0 radical (unpaired) electrons. The molecule has 0 amide bonds. The SMILES string of the molecule is O=C(O)c1cc(-c2ccc(C3CCSCC3)c(Br)c2)no1. The van der Waals surface area contributed by atoms with Crippen molar-refractivity contribution in [2.24, 2.45) is 0 Å². The second-order valence-electron chi connectivity index (χ2n) is 5.00. The molecule has 1 fully saturated rings. The Labute approximate surface area is 135 Å². The van der Waals surface area contributed by atoms with Crippen LogP contribution in [0.3, 0.4) is 0 Å². The largest absolute Gasteiger partial charge is 0.475 e. The van der Waals surface area contributed by atoms with Crippen molar-refractivity contribution in [1.82, 2.24) is 5.16 Å². The molecule has 110 valence electrons. The summed E-state index contributed by atoms with van der Waals surface area (Å²) < 4.78 is 5.85. The Bertz CT molecular complexity index is 665. The molecule has 1 aliphatic rings. The van der Waals surface area contributed by atoms with E-state index in [2.05, 4.69) is 27.2 Å². The van der Waals surface area contributed by atoms with E-state index in [0.717, 1.165) is 10.0 Å². The molecule has 1 aromatic carbocycles. The molecule has 1 aromatic heterocycles. The highest BCUT2D eigenvalue weighted by molar-refractivity contribution is 9.10. The molecule has 4 nitrogen and oxygen atoms in total. The van der Waals surface area contributed by atoms with E-state index in [1.54, 1.807) is 0 Å². The van der Waals surface area contributed by atoms with Crippen LogP contribution in [-0.4, -0.2) is 27.7 Å². The van der Waals surface area contributed by atoms with E-state index in [9.17, 15) is 4.79 Å². The number of carboxylic acids is 1. The lowest BCUT2D eigenvalue weighted by Gasteiger charge is -2.23. The number of carboxylic acid groups (broad SMARTS) is 1. The Hall–Kier alpha value is -1.27. The number of thioether (sulfide) groups is 1. The molecular formula is C15H14BrNO3S. The summed E-state index contributed by atoms with van der Waals surface area (Å²) in [5.74, 6) is 1.77. The third kappa shape index (κ3) is 3.16. The Morgan fingerprint density at radius 2 is 2.10 bits per heavy atom. The number of nitrogens with zero attached hydrogens (tertiary/aromatic N) is 1. The highest BCUT2D eigenvalue weighted by Gasteiger charge is 2.19. The van der Waals surface area contributed by atoms with Crippen molar-refractivity contribution in [3.8, 4) is 11.3 Å². The normalized spacial score (nSPS) is 16.0. The average molecular weight is 368 g/mol. The van der Waals surface area contributed by atoms with Crippen LogP contribution in [0.5, 0.6) is 0 Å². The topological polar surface area (TPSA) is 63.3 Å². The zero-order valence-electron chi connectivity index (χ0n) is 11.2. The number of halogens is 1. The molecule has 2 aromatic rings. The first kappa shape index (κ1) is 14.7. The first-order chi connectivity index (χ1) is 10.1. The summed E-state index contributed by atoms with van der Waals surface area (Å²) in [5.41, 5.74) is 2.71. The van der Waals surface area contributed by atoms with Crippen molar-refractivity contribution >= 4 is 33.7 Å². The van der Waals surface area contributed by atoms with Crippen molar-refractivity contribution in [1.29, 1.82) is 0 Å². The van der Waals surface area contributed by atoms with Crippen LogP contribution in [-0.2, 0) is 0 Å². The summed E-state index contributed by atoms with van der Waals surface area (Å²) in [6, 6.07) is 7.52. The highest BCUT2D eigenvalue weighted by atomic mass is 79.9. The maximum Gasteiger partial charge on any atom is 0.374 e. The Balaban J connectivity index is 1.87. The molecule has 6 heteroatoms. The maximum atomic E-state index is 10.8. The number of carbonyl (C=O) groups is 1. The van der Waals surface area contributed by atoms with Crippen molar-refractivity contribution in [2.45, 2.75) is 18.8 Å². The second-order valence-corrected chi connectivity index (χ2v) is 7.08. The van der Waals surface area contributed by atoms with Crippen molar-refractivity contribution in [3.63, 3.8) is 0 Å². The fraction of sp³-hybridized carbons (Fsp3) is 0.333. The lowest BCUT2D eigenvalue weighted by atomic mass is 9.92. The van der Waals surface area contributed by atoms with Gasteiger partial charge in [0.1, 0.15) is 5.69 Å². The van der Waals surface area contributed by atoms with Gasteiger partial charge in [0.05, 0.1) is 0 Å². The third-order valence-corrected chi connectivity index (χ3v) is 5.41. The molecule has 1 saturated heterocycles. The first-order valence-electron chi connectivity index (χ1n) is 6.72. The first-order valence-corrected chi connectivity index (χ1v) is 8.67. The molecule has 0 aliphatic carbocycles. The molecule has 0 saturated carbocycles. The van der Waals surface area contributed by atoms with Gasteiger partial charge in [-0.2, -0.15) is 11.8 Å². The molecule has 0 spiro atoms. The van der Waals surface area contributed by atoms with Gasteiger partial charge in [0.15, 0.2) is 0 Å². The van der Waals surface area contributed by atoms with Crippen LogP contribution in [0, 0.1) is 0 Å². The van der Waals surface area contributed by atoms with E-state index >= 15 is 0 Å². The van der Waals surface area contributed by atoms with Crippen LogP contribution in [0.25, 0.3) is 11.3 Å². The second kappa shape index (κ2) is 6.23. The molecule has 0 unspecified atom stereocenters. The van der Waals surface area contributed by atoms with Crippen LogP contribution in [0.4, 0.5) is 0 Å². The van der Waals surface area contributed by atoms with Gasteiger partial charge in [-0.1, -0.05) is 33.2 Å². The predicted octanol–water partition coefficient (Wildman–Crippen LogP) is 4.41. The average Bonchev–Trinajstić information content (AvgIpc) is 2.98. The molecular weight excluding hydrogens is 354 g/mol. The highest BCUT2D eigenvalue weighted by Crippen LogP contribution is 2.37. The monoisotopic (exact) mass is 367 g/mol. The maximum absolute atomic E-state index is 10.8. The van der Waals surface area contributed by atoms with Gasteiger partial charge in [-0.15, -0.1) is 0 Å². The van der Waals surface area contributed by atoms with Crippen molar-refractivity contribution < 1.29 is 14.4 Å². The van der Waals surface area contributed by atoms with E-state index in [4.69, 9.17) is 9.63 Å². The number of aromatic nitrogens is 1. The van der Waals surface area contributed by atoms with Gasteiger partial charge >= 0.3 is 5.97 Å². The molecule has 2 heterocycles. The summed E-state index contributed by atoms with van der Waals surface area (Å²) in [6.07, 6.45) is 2.41. The zero-order valence-corrected chi connectivity index (χ0v) is 13.6. The van der Waals surface area contributed by atoms with Gasteiger partial charge < -0.3 is 9.63 Å². The molecule has 1 N–H and O–H groups in total.